The number of benzene rings is 2. The number of hydrogen-bond donors (Lipinski definition) is 0. The summed E-state index contributed by atoms with van der Waals surface area (Å²) in [7, 11) is 1.55. The summed E-state index contributed by atoms with van der Waals surface area (Å²) < 4.78 is 30.8. The van der Waals surface area contributed by atoms with Gasteiger partial charge in [-0.05, 0) is 62.6 Å². The summed E-state index contributed by atoms with van der Waals surface area (Å²) in [5.41, 5.74) is 2.13. The fourth-order valence-electron chi connectivity index (χ4n) is 3.23. The van der Waals surface area contributed by atoms with Crippen molar-refractivity contribution in [3.63, 3.8) is 0 Å². The molecule has 166 valence electrons. The maximum absolute atomic E-state index is 14.3. The van der Waals surface area contributed by atoms with Gasteiger partial charge in [0.25, 0.3) is 0 Å². The third kappa shape index (κ3) is 6.14. The molecule has 31 heavy (non-hydrogen) atoms. The molecule has 0 bridgehead atoms. The van der Waals surface area contributed by atoms with Crippen LogP contribution in [0.1, 0.15) is 38.3 Å². The Bertz CT molecular complexity index is 984. The molecule has 1 aliphatic rings. The van der Waals surface area contributed by atoms with E-state index in [2.05, 4.69) is 0 Å². The molecule has 0 aliphatic carbocycles. The summed E-state index contributed by atoms with van der Waals surface area (Å²) in [6.07, 6.45) is 2.28. The molecular weight excluding hydrogens is 421 g/mol. The van der Waals surface area contributed by atoms with Gasteiger partial charge in [-0.1, -0.05) is 29.8 Å². The van der Waals surface area contributed by atoms with Gasteiger partial charge in [0.1, 0.15) is 18.0 Å². The van der Waals surface area contributed by atoms with Crippen molar-refractivity contribution in [2.45, 2.75) is 39.4 Å². The van der Waals surface area contributed by atoms with Crippen molar-refractivity contribution in [3.8, 4) is 11.5 Å². The molecule has 0 saturated carbocycles. The number of rotatable bonds is 5. The second kappa shape index (κ2) is 9.60. The van der Waals surface area contributed by atoms with Crippen LogP contribution in [-0.4, -0.2) is 36.8 Å². The fraction of sp³-hybridized carbons (Fsp3) is 0.375. The number of methoxy groups -OCH3 is 1. The number of carbonyl (C=O) groups is 1. The van der Waals surface area contributed by atoms with Gasteiger partial charge in [0, 0.05) is 23.7 Å². The highest BCUT2D eigenvalue weighted by atomic mass is 35.5. The van der Waals surface area contributed by atoms with E-state index in [1.165, 1.54) is 6.07 Å². The molecule has 0 saturated heterocycles. The minimum atomic E-state index is -0.531. The van der Waals surface area contributed by atoms with E-state index in [1.54, 1.807) is 42.3 Å². The quantitative estimate of drug-likeness (QED) is 0.556. The minimum Gasteiger partial charge on any atom is -0.496 e. The number of halogens is 2. The Morgan fingerprint density at radius 3 is 2.58 bits per heavy atom. The van der Waals surface area contributed by atoms with Gasteiger partial charge in [0.15, 0.2) is 11.6 Å². The van der Waals surface area contributed by atoms with Crippen molar-refractivity contribution in [3.05, 3.63) is 64.4 Å². The summed E-state index contributed by atoms with van der Waals surface area (Å²) in [5, 5.41) is 0.554. The summed E-state index contributed by atoms with van der Waals surface area (Å²) in [5.74, 6) is 0.301. The number of carbonyl (C=O) groups excluding carboxylic acids is 1. The molecule has 5 nitrogen and oxygen atoms in total. The maximum Gasteiger partial charge on any atom is 0.410 e. The van der Waals surface area contributed by atoms with Crippen molar-refractivity contribution in [2.24, 2.45) is 0 Å². The summed E-state index contributed by atoms with van der Waals surface area (Å²) in [6.45, 7) is 6.66. The zero-order chi connectivity index (χ0) is 22.6. The van der Waals surface area contributed by atoms with Gasteiger partial charge in [-0.3, -0.25) is 0 Å². The normalized spacial score (nSPS) is 14.1. The van der Waals surface area contributed by atoms with Gasteiger partial charge in [-0.15, -0.1) is 0 Å². The van der Waals surface area contributed by atoms with Gasteiger partial charge in [-0.25, -0.2) is 9.18 Å². The molecule has 1 amide bonds. The van der Waals surface area contributed by atoms with Gasteiger partial charge in [-0.2, -0.15) is 0 Å². The van der Waals surface area contributed by atoms with Crippen LogP contribution in [0.25, 0.3) is 5.57 Å². The van der Waals surface area contributed by atoms with Crippen LogP contribution in [0.15, 0.2) is 42.5 Å². The Balaban J connectivity index is 1.69. The third-order valence-electron chi connectivity index (χ3n) is 4.80. The Hall–Kier alpha value is -2.73. The van der Waals surface area contributed by atoms with Gasteiger partial charge >= 0.3 is 6.09 Å². The predicted molar refractivity (Wildman–Crippen MR) is 119 cm³/mol. The first-order chi connectivity index (χ1) is 14.7. The molecule has 0 spiro atoms. The number of ether oxygens (including phenoxy) is 3. The largest absolute Gasteiger partial charge is 0.496 e. The van der Waals surface area contributed by atoms with Crippen LogP contribution < -0.4 is 9.47 Å². The number of nitrogens with zero attached hydrogens (tertiary/aromatic N) is 1. The molecule has 0 radical (unpaired) electrons. The van der Waals surface area contributed by atoms with Crippen LogP contribution >= 0.6 is 11.6 Å². The number of amides is 1. The first-order valence-corrected chi connectivity index (χ1v) is 10.5. The molecule has 1 aliphatic heterocycles. The molecule has 7 heteroatoms. The average molecular weight is 448 g/mol. The lowest BCUT2D eigenvalue weighted by Gasteiger charge is -2.29. The van der Waals surface area contributed by atoms with Crippen LogP contribution in [0.4, 0.5) is 9.18 Å². The van der Waals surface area contributed by atoms with E-state index in [0.29, 0.717) is 30.3 Å². The smallest absolute Gasteiger partial charge is 0.410 e. The van der Waals surface area contributed by atoms with Crippen molar-refractivity contribution in [1.82, 2.24) is 4.90 Å². The first kappa shape index (κ1) is 22.9. The lowest BCUT2D eigenvalue weighted by Crippen LogP contribution is -2.39. The van der Waals surface area contributed by atoms with E-state index in [1.807, 2.05) is 26.8 Å². The van der Waals surface area contributed by atoms with E-state index < -0.39 is 11.4 Å². The molecule has 0 unspecified atom stereocenters. The Morgan fingerprint density at radius 1 is 1.16 bits per heavy atom. The van der Waals surface area contributed by atoms with Crippen LogP contribution in [0, 0.1) is 5.82 Å². The standard InChI is InChI=1S/C24H27ClFNO4/c1-24(2,3)31-23(28)27-11-9-16(10-12-27)17-6-8-20(26)22(13-17)30-15-18-5-7-19(25)14-21(18)29-4/h5-9,13-14H,10-12,15H2,1-4H3. The first-order valence-electron chi connectivity index (χ1n) is 10.1. The molecule has 2 aromatic rings. The van der Waals surface area contributed by atoms with Crippen LogP contribution in [-0.2, 0) is 11.3 Å². The summed E-state index contributed by atoms with van der Waals surface area (Å²) >= 11 is 5.99. The maximum atomic E-state index is 14.3. The summed E-state index contributed by atoms with van der Waals surface area (Å²) in [4.78, 5) is 13.9. The van der Waals surface area contributed by atoms with E-state index >= 15 is 0 Å². The van der Waals surface area contributed by atoms with Gasteiger partial charge in [0.05, 0.1) is 7.11 Å². The molecule has 2 aromatic carbocycles. The fourth-order valence-corrected chi connectivity index (χ4v) is 3.39. The molecule has 3 rings (SSSR count). The van der Waals surface area contributed by atoms with Crippen molar-refractivity contribution < 1.29 is 23.4 Å². The SMILES string of the molecule is COc1cc(Cl)ccc1COc1cc(C2=CCN(C(=O)OC(C)(C)C)CC2)ccc1F. The number of hydrogen-bond acceptors (Lipinski definition) is 4. The predicted octanol–water partition coefficient (Wildman–Crippen LogP) is 6.09. The molecule has 0 N–H and O–H groups in total. The molecule has 0 atom stereocenters. The van der Waals surface area contributed by atoms with Crippen LogP contribution in [0.3, 0.4) is 0 Å². The Kier molecular flexibility index (Phi) is 7.11. The Labute approximate surface area is 187 Å². The highest BCUT2D eigenvalue weighted by Gasteiger charge is 2.24. The van der Waals surface area contributed by atoms with Crippen molar-refractivity contribution >= 4 is 23.3 Å². The highest BCUT2D eigenvalue weighted by molar-refractivity contribution is 6.30. The van der Waals surface area contributed by atoms with Crippen molar-refractivity contribution in [1.29, 1.82) is 0 Å². The Morgan fingerprint density at radius 2 is 1.94 bits per heavy atom. The van der Waals surface area contributed by atoms with Gasteiger partial charge in [0.2, 0.25) is 0 Å². The lowest BCUT2D eigenvalue weighted by molar-refractivity contribution is 0.0270. The third-order valence-corrected chi connectivity index (χ3v) is 5.03. The van der Waals surface area contributed by atoms with E-state index in [0.717, 1.165) is 16.7 Å². The molecule has 1 heterocycles. The second-order valence-corrected chi connectivity index (χ2v) is 8.73. The molecular formula is C24H27ClFNO4. The highest BCUT2D eigenvalue weighted by Crippen LogP contribution is 2.30. The van der Waals surface area contributed by atoms with Crippen LogP contribution in [0.5, 0.6) is 11.5 Å². The molecule has 0 fully saturated rings. The second-order valence-electron chi connectivity index (χ2n) is 8.30. The summed E-state index contributed by atoms with van der Waals surface area (Å²) in [6, 6.07) is 10.0. The van der Waals surface area contributed by atoms with E-state index in [-0.39, 0.29) is 18.4 Å². The average Bonchev–Trinajstić information content (AvgIpc) is 2.72. The molecule has 0 aromatic heterocycles. The van der Waals surface area contributed by atoms with Crippen LogP contribution in [0.2, 0.25) is 5.02 Å². The zero-order valence-electron chi connectivity index (χ0n) is 18.2. The minimum absolute atomic E-state index is 0.145. The van der Waals surface area contributed by atoms with E-state index in [4.69, 9.17) is 25.8 Å². The van der Waals surface area contributed by atoms with Gasteiger partial charge < -0.3 is 19.1 Å². The van der Waals surface area contributed by atoms with Crippen molar-refractivity contribution in [2.75, 3.05) is 20.2 Å². The zero-order valence-corrected chi connectivity index (χ0v) is 19.0. The lowest BCUT2D eigenvalue weighted by atomic mass is 9.99. The monoisotopic (exact) mass is 447 g/mol. The topological polar surface area (TPSA) is 48.0 Å². The van der Waals surface area contributed by atoms with E-state index in [9.17, 15) is 9.18 Å².